The minimum Gasteiger partial charge on any atom is -0.376 e. The third-order valence-corrected chi connectivity index (χ3v) is 3.99. The molecule has 3 heteroatoms. The maximum atomic E-state index is 5.70. The van der Waals surface area contributed by atoms with E-state index < -0.39 is 0 Å². The second-order valence-electron chi connectivity index (χ2n) is 5.18. The number of morpholine rings is 1. The highest BCUT2D eigenvalue weighted by Gasteiger charge is 2.20. The van der Waals surface area contributed by atoms with E-state index in [0.29, 0.717) is 6.10 Å². The van der Waals surface area contributed by atoms with Crippen molar-refractivity contribution in [1.29, 1.82) is 0 Å². The first kappa shape index (κ1) is 15.9. The van der Waals surface area contributed by atoms with Crippen LogP contribution in [0.15, 0.2) is 0 Å². The molecule has 2 aliphatic rings. The van der Waals surface area contributed by atoms with Crippen LogP contribution in [0.3, 0.4) is 0 Å². The Bertz CT molecular complexity index is 193. The largest absolute Gasteiger partial charge is 0.376 e. The molecule has 2 aliphatic heterocycles. The van der Waals surface area contributed by atoms with Crippen LogP contribution in [0.5, 0.6) is 0 Å². The Hall–Kier alpha value is -0.120. The monoisotopic (exact) mass is 256 g/mol. The van der Waals surface area contributed by atoms with Gasteiger partial charge in [-0.15, -0.1) is 0 Å². The number of hydrogen-bond donors (Lipinski definition) is 1. The van der Waals surface area contributed by atoms with Crippen LogP contribution in [0, 0.1) is 5.92 Å². The molecule has 0 aromatic carbocycles. The molecule has 0 spiro atoms. The van der Waals surface area contributed by atoms with Crippen LogP contribution in [-0.2, 0) is 4.74 Å². The van der Waals surface area contributed by atoms with E-state index in [1.807, 2.05) is 13.8 Å². The number of ether oxygens (including phenoxy) is 1. The lowest BCUT2D eigenvalue weighted by Gasteiger charge is -2.33. The van der Waals surface area contributed by atoms with Crippen molar-refractivity contribution in [2.24, 2.45) is 5.92 Å². The van der Waals surface area contributed by atoms with Gasteiger partial charge in [0, 0.05) is 13.1 Å². The van der Waals surface area contributed by atoms with Gasteiger partial charge in [-0.1, -0.05) is 20.8 Å². The molecule has 1 atom stereocenters. The minimum absolute atomic E-state index is 0.488. The van der Waals surface area contributed by atoms with Crippen molar-refractivity contribution in [2.75, 3.05) is 39.3 Å². The zero-order valence-electron chi connectivity index (χ0n) is 12.6. The highest BCUT2D eigenvalue weighted by Crippen LogP contribution is 2.17. The van der Waals surface area contributed by atoms with E-state index in [1.165, 1.54) is 38.9 Å². The van der Waals surface area contributed by atoms with Crippen LogP contribution < -0.4 is 5.32 Å². The van der Waals surface area contributed by atoms with E-state index in [2.05, 4.69) is 17.1 Å². The first-order valence-electron chi connectivity index (χ1n) is 7.93. The summed E-state index contributed by atoms with van der Waals surface area (Å²) < 4.78 is 5.70. The van der Waals surface area contributed by atoms with Crippen molar-refractivity contribution < 1.29 is 4.74 Å². The first-order chi connectivity index (χ1) is 8.88. The summed E-state index contributed by atoms with van der Waals surface area (Å²) >= 11 is 0. The van der Waals surface area contributed by atoms with Gasteiger partial charge in [-0.25, -0.2) is 0 Å². The Balaban J connectivity index is 0.000000771. The van der Waals surface area contributed by atoms with Crippen LogP contribution in [0.2, 0.25) is 0 Å². The lowest BCUT2D eigenvalue weighted by atomic mass is 9.94. The highest BCUT2D eigenvalue weighted by atomic mass is 16.5. The fraction of sp³-hybridized carbons (Fsp3) is 1.00. The first-order valence-corrected chi connectivity index (χ1v) is 7.93. The number of rotatable bonds is 4. The maximum absolute atomic E-state index is 5.70. The third-order valence-electron chi connectivity index (χ3n) is 3.99. The van der Waals surface area contributed by atoms with Crippen LogP contribution in [0.4, 0.5) is 0 Å². The van der Waals surface area contributed by atoms with Gasteiger partial charge in [0.2, 0.25) is 0 Å². The lowest BCUT2D eigenvalue weighted by molar-refractivity contribution is -0.0312. The van der Waals surface area contributed by atoms with Crippen molar-refractivity contribution in [3.05, 3.63) is 0 Å². The molecule has 108 valence electrons. The molecule has 3 nitrogen and oxygen atoms in total. The van der Waals surface area contributed by atoms with Crippen molar-refractivity contribution in [3.8, 4) is 0 Å². The van der Waals surface area contributed by atoms with E-state index in [9.17, 15) is 0 Å². The van der Waals surface area contributed by atoms with E-state index in [0.717, 1.165) is 32.0 Å². The van der Waals surface area contributed by atoms with Gasteiger partial charge in [0.15, 0.2) is 0 Å². The molecule has 18 heavy (non-hydrogen) atoms. The zero-order valence-corrected chi connectivity index (χ0v) is 12.6. The quantitative estimate of drug-likeness (QED) is 0.836. The summed E-state index contributed by atoms with van der Waals surface area (Å²) in [6.07, 6.45) is 5.78. The van der Waals surface area contributed by atoms with E-state index in [1.54, 1.807) is 0 Å². The molecule has 2 heterocycles. The average Bonchev–Trinajstić information content (AvgIpc) is 2.48. The summed E-state index contributed by atoms with van der Waals surface area (Å²) in [5.41, 5.74) is 0. The smallest absolute Gasteiger partial charge is 0.0700 e. The molecule has 0 radical (unpaired) electrons. The Morgan fingerprint density at radius 1 is 1.22 bits per heavy atom. The molecule has 0 aromatic rings. The number of nitrogens with zero attached hydrogens (tertiary/aromatic N) is 1. The minimum atomic E-state index is 0.488. The Morgan fingerprint density at radius 3 is 2.61 bits per heavy atom. The summed E-state index contributed by atoms with van der Waals surface area (Å²) in [7, 11) is 0. The summed E-state index contributed by atoms with van der Waals surface area (Å²) in [5, 5.41) is 3.44. The second kappa shape index (κ2) is 9.76. The van der Waals surface area contributed by atoms with E-state index >= 15 is 0 Å². The predicted molar refractivity (Wildman–Crippen MR) is 78.0 cm³/mol. The molecule has 0 saturated carbocycles. The summed E-state index contributed by atoms with van der Waals surface area (Å²) in [4.78, 5) is 2.60. The zero-order chi connectivity index (χ0) is 13.2. The lowest BCUT2D eigenvalue weighted by Crippen LogP contribution is -2.43. The van der Waals surface area contributed by atoms with Crippen LogP contribution in [0.25, 0.3) is 0 Å². The number of nitrogens with one attached hydrogen (secondary N) is 1. The fourth-order valence-corrected chi connectivity index (χ4v) is 2.77. The standard InChI is InChI=1S/C13H26N2O.C2H6/c1-2-13-11-15(9-10-16-13)8-5-12-3-6-14-7-4-12;1-2/h12-14H,2-11H2,1H3;1-2H3. The molecule has 2 saturated heterocycles. The number of piperidine rings is 1. The molecule has 0 aromatic heterocycles. The highest BCUT2D eigenvalue weighted by molar-refractivity contribution is 4.74. The molecule has 0 amide bonds. The molecule has 2 fully saturated rings. The van der Waals surface area contributed by atoms with Crippen molar-refractivity contribution in [3.63, 3.8) is 0 Å². The molecular weight excluding hydrogens is 224 g/mol. The topological polar surface area (TPSA) is 24.5 Å². The molecular formula is C15H32N2O. The average molecular weight is 256 g/mol. The third kappa shape index (κ3) is 5.68. The van der Waals surface area contributed by atoms with Gasteiger partial charge < -0.3 is 10.1 Å². The van der Waals surface area contributed by atoms with Crippen molar-refractivity contribution in [1.82, 2.24) is 10.2 Å². The molecule has 1 unspecified atom stereocenters. The molecule has 2 rings (SSSR count). The molecule has 1 N–H and O–H groups in total. The van der Waals surface area contributed by atoms with Gasteiger partial charge >= 0.3 is 0 Å². The van der Waals surface area contributed by atoms with Crippen molar-refractivity contribution in [2.45, 2.75) is 52.6 Å². The Kier molecular flexibility index (Phi) is 8.64. The van der Waals surface area contributed by atoms with Crippen LogP contribution >= 0.6 is 0 Å². The summed E-state index contributed by atoms with van der Waals surface area (Å²) in [6, 6.07) is 0. The SMILES string of the molecule is CC.CCC1CN(CCC2CCNCC2)CCO1. The van der Waals surface area contributed by atoms with Gasteiger partial charge in [0.1, 0.15) is 0 Å². The molecule has 0 aliphatic carbocycles. The van der Waals surface area contributed by atoms with Crippen LogP contribution in [0.1, 0.15) is 46.5 Å². The second-order valence-corrected chi connectivity index (χ2v) is 5.18. The Labute approximate surface area is 113 Å². The van der Waals surface area contributed by atoms with Crippen molar-refractivity contribution >= 4 is 0 Å². The number of hydrogen-bond acceptors (Lipinski definition) is 3. The van der Waals surface area contributed by atoms with Gasteiger partial charge in [-0.05, 0) is 51.2 Å². The summed E-state index contributed by atoms with van der Waals surface area (Å²) in [5.74, 6) is 0.962. The summed E-state index contributed by atoms with van der Waals surface area (Å²) in [6.45, 7) is 13.2. The Morgan fingerprint density at radius 2 is 1.94 bits per heavy atom. The van der Waals surface area contributed by atoms with Gasteiger partial charge in [-0.3, -0.25) is 4.90 Å². The molecule has 0 bridgehead atoms. The maximum Gasteiger partial charge on any atom is 0.0700 e. The predicted octanol–water partition coefficient (Wildman–Crippen LogP) is 2.51. The fourth-order valence-electron chi connectivity index (χ4n) is 2.77. The van der Waals surface area contributed by atoms with Crippen LogP contribution in [-0.4, -0.2) is 50.3 Å². The van der Waals surface area contributed by atoms with Gasteiger partial charge in [0.25, 0.3) is 0 Å². The van der Waals surface area contributed by atoms with E-state index in [4.69, 9.17) is 4.74 Å². The normalized spacial score (nSPS) is 26.5. The van der Waals surface area contributed by atoms with E-state index in [-0.39, 0.29) is 0 Å². The van der Waals surface area contributed by atoms with Gasteiger partial charge in [-0.2, -0.15) is 0 Å². The van der Waals surface area contributed by atoms with Gasteiger partial charge in [0.05, 0.1) is 12.7 Å².